The summed E-state index contributed by atoms with van der Waals surface area (Å²) < 4.78 is 4.78. The highest BCUT2D eigenvalue weighted by Gasteiger charge is 2.21. The van der Waals surface area contributed by atoms with Crippen molar-refractivity contribution in [3.63, 3.8) is 0 Å². The lowest BCUT2D eigenvalue weighted by Crippen LogP contribution is -2.10. The lowest BCUT2D eigenvalue weighted by molar-refractivity contribution is 0.0601. The first-order valence-electron chi connectivity index (χ1n) is 5.63. The van der Waals surface area contributed by atoms with Crippen molar-refractivity contribution in [2.75, 3.05) is 19.0 Å². The van der Waals surface area contributed by atoms with Gasteiger partial charge in [-0.2, -0.15) is 0 Å². The second-order valence-electron chi connectivity index (χ2n) is 4.36. The molecule has 1 aliphatic rings. The predicted octanol–water partition coefficient (Wildman–Crippen LogP) is 2.60. The van der Waals surface area contributed by atoms with Crippen LogP contribution >= 0.6 is 0 Å². The second kappa shape index (κ2) is 4.56. The minimum Gasteiger partial charge on any atom is -0.465 e. The Balaban J connectivity index is 2.16. The quantitative estimate of drug-likeness (QED) is 0.791. The number of methoxy groups -OCH3 is 1. The third kappa shape index (κ3) is 2.54. The van der Waals surface area contributed by atoms with Crippen molar-refractivity contribution < 1.29 is 9.53 Å². The van der Waals surface area contributed by atoms with Crippen LogP contribution in [0, 0.1) is 12.8 Å². The minimum absolute atomic E-state index is 0.276. The van der Waals surface area contributed by atoms with Crippen LogP contribution in [-0.4, -0.2) is 19.6 Å². The van der Waals surface area contributed by atoms with E-state index in [1.165, 1.54) is 20.0 Å². The fraction of sp³-hybridized carbons (Fsp3) is 0.462. The first-order chi connectivity index (χ1) is 7.70. The van der Waals surface area contributed by atoms with Crippen molar-refractivity contribution in [2.24, 2.45) is 5.92 Å². The number of benzene rings is 1. The summed E-state index contributed by atoms with van der Waals surface area (Å²) in [6, 6.07) is 5.81. The monoisotopic (exact) mass is 219 g/mol. The Kier molecular flexibility index (Phi) is 3.13. The van der Waals surface area contributed by atoms with Crippen LogP contribution in [0.1, 0.15) is 28.8 Å². The number of ether oxygens (including phenoxy) is 1. The lowest BCUT2D eigenvalue weighted by atomic mass is 10.1. The van der Waals surface area contributed by atoms with E-state index in [0.29, 0.717) is 5.56 Å². The molecule has 86 valence electrons. The zero-order chi connectivity index (χ0) is 11.5. The van der Waals surface area contributed by atoms with E-state index in [4.69, 9.17) is 4.74 Å². The Hall–Kier alpha value is -1.51. The summed E-state index contributed by atoms with van der Waals surface area (Å²) in [6.07, 6.45) is 2.60. The molecule has 0 aliphatic heterocycles. The lowest BCUT2D eigenvalue weighted by Gasteiger charge is -2.11. The highest BCUT2D eigenvalue weighted by Crippen LogP contribution is 2.29. The summed E-state index contributed by atoms with van der Waals surface area (Å²) in [5, 5.41) is 3.32. The highest BCUT2D eigenvalue weighted by molar-refractivity contribution is 5.95. The van der Waals surface area contributed by atoms with Crippen molar-refractivity contribution in [2.45, 2.75) is 19.8 Å². The van der Waals surface area contributed by atoms with Crippen molar-refractivity contribution in [3.05, 3.63) is 29.3 Å². The van der Waals surface area contributed by atoms with Crippen molar-refractivity contribution in [3.8, 4) is 0 Å². The van der Waals surface area contributed by atoms with Crippen molar-refractivity contribution >= 4 is 11.7 Å². The van der Waals surface area contributed by atoms with Crippen LogP contribution in [0.5, 0.6) is 0 Å². The molecule has 0 radical (unpaired) electrons. The van der Waals surface area contributed by atoms with Crippen LogP contribution in [0.4, 0.5) is 5.69 Å². The molecule has 1 N–H and O–H groups in total. The zero-order valence-electron chi connectivity index (χ0n) is 9.75. The molecule has 0 heterocycles. The molecular formula is C13H17NO2. The molecule has 3 heteroatoms. The van der Waals surface area contributed by atoms with E-state index in [1.54, 1.807) is 0 Å². The first-order valence-corrected chi connectivity index (χ1v) is 5.63. The van der Waals surface area contributed by atoms with Gasteiger partial charge in [0.2, 0.25) is 0 Å². The van der Waals surface area contributed by atoms with Gasteiger partial charge >= 0.3 is 5.97 Å². The summed E-state index contributed by atoms with van der Waals surface area (Å²) in [5.74, 6) is 0.508. The molecule has 1 saturated carbocycles. The molecule has 0 amide bonds. The van der Waals surface area contributed by atoms with Gasteiger partial charge in [0.15, 0.2) is 0 Å². The molecule has 0 atom stereocenters. The van der Waals surface area contributed by atoms with Gasteiger partial charge in [-0.05, 0) is 37.8 Å². The summed E-state index contributed by atoms with van der Waals surface area (Å²) in [4.78, 5) is 11.6. The van der Waals surface area contributed by atoms with Gasteiger partial charge in [0.1, 0.15) is 0 Å². The van der Waals surface area contributed by atoms with Crippen LogP contribution < -0.4 is 5.32 Å². The Bertz CT molecular complexity index is 397. The number of anilines is 1. The van der Waals surface area contributed by atoms with E-state index in [0.717, 1.165) is 23.7 Å². The number of hydrogen-bond donors (Lipinski definition) is 1. The Morgan fingerprint density at radius 3 is 2.88 bits per heavy atom. The smallest absolute Gasteiger partial charge is 0.339 e. The third-order valence-electron chi connectivity index (χ3n) is 2.86. The molecular weight excluding hydrogens is 202 g/mol. The number of nitrogens with one attached hydrogen (secondary N) is 1. The highest BCUT2D eigenvalue weighted by atomic mass is 16.5. The maximum Gasteiger partial charge on any atom is 0.339 e. The minimum atomic E-state index is -0.276. The molecule has 1 aromatic carbocycles. The molecule has 0 bridgehead atoms. The van der Waals surface area contributed by atoms with E-state index in [1.807, 2.05) is 25.1 Å². The normalized spacial score (nSPS) is 14.6. The summed E-state index contributed by atoms with van der Waals surface area (Å²) >= 11 is 0. The summed E-state index contributed by atoms with van der Waals surface area (Å²) in [5.41, 5.74) is 2.57. The van der Waals surface area contributed by atoms with E-state index >= 15 is 0 Å². The largest absolute Gasteiger partial charge is 0.465 e. The van der Waals surface area contributed by atoms with Gasteiger partial charge < -0.3 is 10.1 Å². The van der Waals surface area contributed by atoms with Crippen LogP contribution in [0.15, 0.2) is 18.2 Å². The molecule has 2 rings (SSSR count). The van der Waals surface area contributed by atoms with Gasteiger partial charge in [0.05, 0.1) is 12.7 Å². The Morgan fingerprint density at radius 1 is 1.50 bits per heavy atom. The van der Waals surface area contributed by atoms with Gasteiger partial charge in [-0.25, -0.2) is 4.79 Å². The van der Waals surface area contributed by atoms with Gasteiger partial charge in [-0.15, -0.1) is 0 Å². The van der Waals surface area contributed by atoms with E-state index in [-0.39, 0.29) is 5.97 Å². The number of carbonyl (C=O) groups excluding carboxylic acids is 1. The predicted molar refractivity (Wildman–Crippen MR) is 63.7 cm³/mol. The van der Waals surface area contributed by atoms with Crippen LogP contribution in [0.2, 0.25) is 0 Å². The zero-order valence-corrected chi connectivity index (χ0v) is 9.75. The van der Waals surface area contributed by atoms with E-state index in [2.05, 4.69) is 5.32 Å². The van der Waals surface area contributed by atoms with Gasteiger partial charge in [-0.3, -0.25) is 0 Å². The first kappa shape index (κ1) is 11.0. The van der Waals surface area contributed by atoms with E-state index < -0.39 is 0 Å². The standard InChI is InChI=1S/C13H17NO2/c1-9-3-6-12(14-8-10-4-5-10)11(7-9)13(15)16-2/h3,6-7,10,14H,4-5,8H2,1-2H3. The summed E-state index contributed by atoms with van der Waals surface area (Å²) in [7, 11) is 1.41. The fourth-order valence-electron chi connectivity index (χ4n) is 1.67. The van der Waals surface area contributed by atoms with Crippen LogP contribution in [0.3, 0.4) is 0 Å². The molecule has 1 fully saturated rings. The molecule has 0 unspecified atom stereocenters. The van der Waals surface area contributed by atoms with Crippen molar-refractivity contribution in [1.82, 2.24) is 0 Å². The second-order valence-corrected chi connectivity index (χ2v) is 4.36. The topological polar surface area (TPSA) is 38.3 Å². The average molecular weight is 219 g/mol. The van der Waals surface area contributed by atoms with Crippen LogP contribution in [0.25, 0.3) is 0 Å². The number of rotatable bonds is 4. The van der Waals surface area contributed by atoms with Gasteiger partial charge in [0.25, 0.3) is 0 Å². The molecule has 16 heavy (non-hydrogen) atoms. The van der Waals surface area contributed by atoms with E-state index in [9.17, 15) is 4.79 Å². The molecule has 1 aliphatic carbocycles. The maximum atomic E-state index is 11.6. The molecule has 1 aromatic rings. The third-order valence-corrected chi connectivity index (χ3v) is 2.86. The Morgan fingerprint density at radius 2 is 2.25 bits per heavy atom. The molecule has 0 aromatic heterocycles. The van der Waals surface area contributed by atoms with Crippen LogP contribution in [-0.2, 0) is 4.74 Å². The number of carbonyl (C=O) groups is 1. The molecule has 0 spiro atoms. The fourth-order valence-corrected chi connectivity index (χ4v) is 1.67. The molecule has 3 nitrogen and oxygen atoms in total. The average Bonchev–Trinajstić information content (AvgIpc) is 3.10. The molecule has 0 saturated heterocycles. The number of esters is 1. The maximum absolute atomic E-state index is 11.6. The number of aryl methyl sites for hydroxylation is 1. The SMILES string of the molecule is COC(=O)c1cc(C)ccc1NCC1CC1. The number of hydrogen-bond acceptors (Lipinski definition) is 3. The Labute approximate surface area is 95.8 Å². The summed E-state index contributed by atoms with van der Waals surface area (Å²) in [6.45, 7) is 2.92. The van der Waals surface area contributed by atoms with Gasteiger partial charge in [-0.1, -0.05) is 11.6 Å². The van der Waals surface area contributed by atoms with Crippen molar-refractivity contribution in [1.29, 1.82) is 0 Å². The van der Waals surface area contributed by atoms with Gasteiger partial charge in [0, 0.05) is 12.2 Å².